The van der Waals surface area contributed by atoms with Crippen LogP contribution in [0.3, 0.4) is 0 Å². The van der Waals surface area contributed by atoms with Gasteiger partial charge in [-0.3, -0.25) is 0 Å². The largest absolute Gasteiger partial charge is 0.364 e. The lowest BCUT2D eigenvalue weighted by atomic mass is 10.2. The Bertz CT molecular complexity index is 345. The first-order chi connectivity index (χ1) is 6.65. The summed E-state index contributed by atoms with van der Waals surface area (Å²) in [5, 5.41) is 3.52. The Kier molecular flexibility index (Phi) is 2.52. The van der Waals surface area contributed by atoms with Gasteiger partial charge < -0.3 is 5.32 Å². The van der Waals surface area contributed by atoms with E-state index in [0.29, 0.717) is 5.54 Å². The summed E-state index contributed by atoms with van der Waals surface area (Å²) in [6, 6.07) is 2.10. The number of rotatable bonds is 3. The van der Waals surface area contributed by atoms with Gasteiger partial charge in [-0.25, -0.2) is 4.98 Å². The molecule has 3 heteroatoms. The van der Waals surface area contributed by atoms with Gasteiger partial charge in [0, 0.05) is 11.7 Å². The Labute approximate surface area is 93.3 Å². The van der Waals surface area contributed by atoms with Crippen LogP contribution in [-0.2, 0) is 0 Å². The van der Waals surface area contributed by atoms with Gasteiger partial charge in [-0.15, -0.1) is 0 Å². The smallest absolute Gasteiger partial charge is 0.140 e. The summed E-state index contributed by atoms with van der Waals surface area (Å²) in [5.41, 5.74) is 1.52. The van der Waals surface area contributed by atoms with Gasteiger partial charge in [0.05, 0.1) is 4.47 Å². The molecule has 0 saturated heterocycles. The lowest BCUT2D eigenvalue weighted by Crippen LogP contribution is -2.20. The summed E-state index contributed by atoms with van der Waals surface area (Å²) in [4.78, 5) is 4.39. The van der Waals surface area contributed by atoms with Crippen molar-refractivity contribution in [1.82, 2.24) is 4.98 Å². The van der Waals surface area contributed by atoms with Crippen LogP contribution in [0.2, 0.25) is 0 Å². The van der Waals surface area contributed by atoms with E-state index >= 15 is 0 Å². The average molecular weight is 255 g/mol. The SMILES string of the molecule is CCC1(Nc2ncc(C)cc2Br)CC1. The van der Waals surface area contributed by atoms with Crippen molar-refractivity contribution in [1.29, 1.82) is 0 Å². The van der Waals surface area contributed by atoms with Crippen LogP contribution in [-0.4, -0.2) is 10.5 Å². The fraction of sp³-hybridized carbons (Fsp3) is 0.545. The second kappa shape index (κ2) is 3.54. The van der Waals surface area contributed by atoms with E-state index in [1.54, 1.807) is 0 Å². The van der Waals surface area contributed by atoms with Gasteiger partial charge in [0.15, 0.2) is 0 Å². The number of hydrogen-bond donors (Lipinski definition) is 1. The molecule has 0 aliphatic heterocycles. The number of aryl methyl sites for hydroxylation is 1. The summed E-state index contributed by atoms with van der Waals surface area (Å²) < 4.78 is 1.07. The highest BCUT2D eigenvalue weighted by molar-refractivity contribution is 9.10. The molecular weight excluding hydrogens is 240 g/mol. The van der Waals surface area contributed by atoms with E-state index in [-0.39, 0.29) is 0 Å². The molecule has 2 rings (SSSR count). The molecule has 1 saturated carbocycles. The summed E-state index contributed by atoms with van der Waals surface area (Å²) in [5.74, 6) is 0.981. The van der Waals surface area contributed by atoms with E-state index in [2.05, 4.69) is 39.2 Å². The summed E-state index contributed by atoms with van der Waals surface area (Å²) >= 11 is 3.53. The fourth-order valence-corrected chi connectivity index (χ4v) is 2.16. The van der Waals surface area contributed by atoms with Gasteiger partial charge in [0.1, 0.15) is 5.82 Å². The highest BCUT2D eigenvalue weighted by atomic mass is 79.9. The maximum absolute atomic E-state index is 4.39. The van der Waals surface area contributed by atoms with Crippen molar-refractivity contribution in [3.05, 3.63) is 22.3 Å². The maximum Gasteiger partial charge on any atom is 0.140 e. The first-order valence-electron chi connectivity index (χ1n) is 5.05. The fourth-order valence-electron chi connectivity index (χ4n) is 1.59. The van der Waals surface area contributed by atoms with Gasteiger partial charge in [0.2, 0.25) is 0 Å². The average Bonchev–Trinajstić information content (AvgIpc) is 2.91. The lowest BCUT2D eigenvalue weighted by molar-refractivity contribution is 0.697. The van der Waals surface area contributed by atoms with Crippen molar-refractivity contribution < 1.29 is 0 Å². The molecule has 76 valence electrons. The van der Waals surface area contributed by atoms with Crippen LogP contribution in [0.5, 0.6) is 0 Å². The molecule has 0 radical (unpaired) electrons. The number of hydrogen-bond acceptors (Lipinski definition) is 2. The third-order valence-corrected chi connectivity index (χ3v) is 3.50. The summed E-state index contributed by atoms with van der Waals surface area (Å²) in [7, 11) is 0. The first-order valence-corrected chi connectivity index (χ1v) is 5.85. The molecule has 0 unspecified atom stereocenters. The third-order valence-electron chi connectivity index (χ3n) is 2.89. The maximum atomic E-state index is 4.39. The van der Waals surface area contributed by atoms with E-state index in [1.807, 2.05) is 13.1 Å². The molecule has 1 aliphatic rings. The van der Waals surface area contributed by atoms with Crippen LogP contribution in [0.25, 0.3) is 0 Å². The molecule has 1 N–H and O–H groups in total. The third kappa shape index (κ3) is 1.92. The first kappa shape index (κ1) is 9.97. The van der Waals surface area contributed by atoms with Crippen molar-refractivity contribution in [2.75, 3.05) is 5.32 Å². The van der Waals surface area contributed by atoms with Crippen LogP contribution in [0.15, 0.2) is 16.7 Å². The molecule has 2 nitrogen and oxygen atoms in total. The van der Waals surface area contributed by atoms with Gasteiger partial charge in [-0.1, -0.05) is 6.92 Å². The molecule has 1 aromatic heterocycles. The zero-order valence-corrected chi connectivity index (χ0v) is 10.2. The molecule has 0 aromatic carbocycles. The van der Waals surface area contributed by atoms with E-state index in [4.69, 9.17) is 0 Å². The van der Waals surface area contributed by atoms with Gasteiger partial charge >= 0.3 is 0 Å². The topological polar surface area (TPSA) is 24.9 Å². The van der Waals surface area contributed by atoms with Crippen LogP contribution in [0.1, 0.15) is 31.7 Å². The second-order valence-corrected chi connectivity index (χ2v) is 4.96. The molecule has 0 bridgehead atoms. The predicted octanol–water partition coefficient (Wildman–Crippen LogP) is 3.51. The number of pyridine rings is 1. The van der Waals surface area contributed by atoms with E-state index in [0.717, 1.165) is 10.3 Å². The van der Waals surface area contributed by atoms with E-state index in [1.165, 1.54) is 24.8 Å². The Morgan fingerprint density at radius 1 is 1.57 bits per heavy atom. The second-order valence-electron chi connectivity index (χ2n) is 4.10. The molecule has 0 amide bonds. The minimum Gasteiger partial charge on any atom is -0.364 e. The molecule has 0 atom stereocenters. The molecule has 1 heterocycles. The molecule has 14 heavy (non-hydrogen) atoms. The Morgan fingerprint density at radius 3 is 2.79 bits per heavy atom. The lowest BCUT2D eigenvalue weighted by Gasteiger charge is -2.16. The van der Waals surface area contributed by atoms with Crippen LogP contribution < -0.4 is 5.32 Å². The van der Waals surface area contributed by atoms with Crippen LogP contribution in [0.4, 0.5) is 5.82 Å². The number of anilines is 1. The van der Waals surface area contributed by atoms with Crippen molar-refractivity contribution in [3.8, 4) is 0 Å². The molecule has 1 aliphatic carbocycles. The molecular formula is C11H15BrN2. The van der Waals surface area contributed by atoms with E-state index in [9.17, 15) is 0 Å². The summed E-state index contributed by atoms with van der Waals surface area (Å²) in [6.45, 7) is 4.27. The number of nitrogens with one attached hydrogen (secondary N) is 1. The van der Waals surface area contributed by atoms with Gasteiger partial charge in [0.25, 0.3) is 0 Å². The molecule has 1 aromatic rings. The minimum absolute atomic E-state index is 0.338. The van der Waals surface area contributed by atoms with E-state index < -0.39 is 0 Å². The Balaban J connectivity index is 2.17. The zero-order valence-electron chi connectivity index (χ0n) is 8.60. The number of halogens is 1. The van der Waals surface area contributed by atoms with Crippen LogP contribution in [0, 0.1) is 6.92 Å². The number of aromatic nitrogens is 1. The summed E-state index contributed by atoms with van der Waals surface area (Å²) in [6.07, 6.45) is 5.62. The highest BCUT2D eigenvalue weighted by Gasteiger charge is 2.41. The van der Waals surface area contributed by atoms with Crippen molar-refractivity contribution in [3.63, 3.8) is 0 Å². The normalized spacial score (nSPS) is 17.9. The number of nitrogens with zero attached hydrogens (tertiary/aromatic N) is 1. The Morgan fingerprint density at radius 2 is 2.29 bits per heavy atom. The predicted molar refractivity (Wildman–Crippen MR) is 62.6 cm³/mol. The minimum atomic E-state index is 0.338. The molecule has 1 fully saturated rings. The highest BCUT2D eigenvalue weighted by Crippen LogP contribution is 2.42. The van der Waals surface area contributed by atoms with Crippen molar-refractivity contribution >= 4 is 21.7 Å². The van der Waals surface area contributed by atoms with Crippen molar-refractivity contribution in [2.45, 2.75) is 38.6 Å². The van der Waals surface area contributed by atoms with Gasteiger partial charge in [-0.2, -0.15) is 0 Å². The monoisotopic (exact) mass is 254 g/mol. The molecule has 0 spiro atoms. The quantitative estimate of drug-likeness (QED) is 0.894. The Hall–Kier alpha value is -0.570. The van der Waals surface area contributed by atoms with Crippen LogP contribution >= 0.6 is 15.9 Å². The van der Waals surface area contributed by atoms with Gasteiger partial charge in [-0.05, 0) is 53.7 Å². The zero-order chi connectivity index (χ0) is 10.2. The standard InChI is InChI=1S/C11H15BrN2/c1-3-11(4-5-11)14-10-9(12)6-8(2)7-13-10/h6-7H,3-5H2,1-2H3,(H,13,14). The van der Waals surface area contributed by atoms with Crippen molar-refractivity contribution in [2.24, 2.45) is 0 Å².